The van der Waals surface area contributed by atoms with Crippen LogP contribution < -0.4 is 24.4 Å². The van der Waals surface area contributed by atoms with Crippen LogP contribution in [0.15, 0.2) is 62.6 Å². The van der Waals surface area contributed by atoms with E-state index in [4.69, 9.17) is 18.6 Å². The lowest BCUT2D eigenvalue weighted by molar-refractivity contribution is -0.139. The standard InChI is InChI=1S/C21H16N2O6S/c1-2-26-20(25)14-10-22-21-23(19(24)17(30-21)9-13-4-3-7-27-13)18(14)12-5-6-15-16(8-12)29-11-28-15/h3-10,18H,2,11H2,1H3/b17-9+. The van der Waals surface area contributed by atoms with Crippen LogP contribution in [0.3, 0.4) is 0 Å². The summed E-state index contributed by atoms with van der Waals surface area (Å²) in [6.07, 6.45) is 4.67. The van der Waals surface area contributed by atoms with E-state index in [0.717, 1.165) is 0 Å². The number of ether oxygens (including phenoxy) is 3. The number of thiazole rings is 1. The molecule has 4 heterocycles. The minimum atomic E-state index is -0.700. The lowest BCUT2D eigenvalue weighted by Gasteiger charge is -2.22. The van der Waals surface area contributed by atoms with E-state index in [9.17, 15) is 9.59 Å². The summed E-state index contributed by atoms with van der Waals surface area (Å²) in [5, 5.41) is 0. The molecule has 2 aliphatic rings. The number of hydrogen-bond acceptors (Lipinski definition) is 8. The van der Waals surface area contributed by atoms with Crippen LogP contribution in [0.1, 0.15) is 24.3 Å². The van der Waals surface area contributed by atoms with Crippen molar-refractivity contribution in [1.29, 1.82) is 0 Å². The van der Waals surface area contributed by atoms with Gasteiger partial charge < -0.3 is 18.6 Å². The maximum absolute atomic E-state index is 13.3. The molecule has 9 heteroatoms. The van der Waals surface area contributed by atoms with Crippen LogP contribution in [0.5, 0.6) is 11.5 Å². The van der Waals surface area contributed by atoms with E-state index in [0.29, 0.717) is 32.2 Å². The molecule has 2 aliphatic heterocycles. The number of carbonyl (C=O) groups excluding carboxylic acids is 1. The average Bonchev–Trinajstić information content (AvgIpc) is 3.49. The number of hydrogen-bond donors (Lipinski definition) is 0. The first-order valence-electron chi connectivity index (χ1n) is 9.27. The van der Waals surface area contributed by atoms with E-state index >= 15 is 0 Å². The summed E-state index contributed by atoms with van der Waals surface area (Å²) in [6, 6.07) is 8.15. The van der Waals surface area contributed by atoms with Gasteiger partial charge in [0.25, 0.3) is 5.56 Å². The van der Waals surface area contributed by atoms with Gasteiger partial charge >= 0.3 is 5.97 Å². The lowest BCUT2D eigenvalue weighted by Crippen LogP contribution is -2.39. The first-order valence-corrected chi connectivity index (χ1v) is 10.1. The van der Waals surface area contributed by atoms with Crippen molar-refractivity contribution in [2.24, 2.45) is 4.99 Å². The van der Waals surface area contributed by atoms with Crippen LogP contribution in [-0.2, 0) is 9.53 Å². The van der Waals surface area contributed by atoms with Gasteiger partial charge in [0.15, 0.2) is 16.3 Å². The average molecular weight is 424 g/mol. The normalized spacial score (nSPS) is 17.3. The number of nitrogens with zero attached hydrogens (tertiary/aromatic N) is 2. The summed E-state index contributed by atoms with van der Waals surface area (Å²) in [6.45, 7) is 2.07. The molecular formula is C21H16N2O6S. The molecule has 0 saturated heterocycles. The molecule has 0 saturated carbocycles. The molecule has 152 valence electrons. The Morgan fingerprint density at radius 3 is 3.00 bits per heavy atom. The fraction of sp³-hybridized carbons (Fsp3) is 0.190. The number of carbonyl (C=O) groups is 1. The Kier molecular flexibility index (Phi) is 4.51. The van der Waals surface area contributed by atoms with Crippen LogP contribution in [-0.4, -0.2) is 23.9 Å². The monoisotopic (exact) mass is 424 g/mol. The van der Waals surface area contributed by atoms with E-state index in [-0.39, 0.29) is 24.5 Å². The Morgan fingerprint density at radius 1 is 1.33 bits per heavy atom. The molecule has 2 aromatic heterocycles. The molecule has 0 amide bonds. The predicted octanol–water partition coefficient (Wildman–Crippen LogP) is 1.73. The largest absolute Gasteiger partial charge is 0.465 e. The Labute approximate surface area is 173 Å². The van der Waals surface area contributed by atoms with Crippen LogP contribution in [0, 0.1) is 0 Å². The van der Waals surface area contributed by atoms with Crippen LogP contribution in [0.2, 0.25) is 0 Å². The molecular weight excluding hydrogens is 408 g/mol. The van der Waals surface area contributed by atoms with Crippen molar-refractivity contribution < 1.29 is 23.4 Å². The van der Waals surface area contributed by atoms with E-state index in [1.807, 2.05) is 0 Å². The first-order chi connectivity index (χ1) is 14.7. The van der Waals surface area contributed by atoms with Gasteiger partial charge in [-0.1, -0.05) is 17.4 Å². The maximum atomic E-state index is 13.3. The van der Waals surface area contributed by atoms with Gasteiger partial charge in [-0.25, -0.2) is 9.79 Å². The third-order valence-electron chi connectivity index (χ3n) is 4.74. The highest BCUT2D eigenvalue weighted by Crippen LogP contribution is 2.37. The summed E-state index contributed by atoms with van der Waals surface area (Å²) >= 11 is 1.23. The van der Waals surface area contributed by atoms with Gasteiger partial charge in [-0.15, -0.1) is 0 Å². The highest BCUT2D eigenvalue weighted by Gasteiger charge is 2.32. The molecule has 0 aliphatic carbocycles. The van der Waals surface area contributed by atoms with Crippen molar-refractivity contribution in [3.63, 3.8) is 0 Å². The summed E-state index contributed by atoms with van der Waals surface area (Å²) in [4.78, 5) is 30.8. The van der Waals surface area contributed by atoms with Gasteiger partial charge in [-0.3, -0.25) is 9.36 Å². The molecule has 1 atom stereocenters. The van der Waals surface area contributed by atoms with Crippen LogP contribution in [0.25, 0.3) is 6.08 Å². The van der Waals surface area contributed by atoms with Crippen molar-refractivity contribution >= 4 is 23.4 Å². The quantitative estimate of drug-likeness (QED) is 0.593. The molecule has 3 aromatic rings. The van der Waals surface area contributed by atoms with Crippen molar-refractivity contribution in [2.45, 2.75) is 13.0 Å². The fourth-order valence-corrected chi connectivity index (χ4v) is 4.38. The lowest BCUT2D eigenvalue weighted by atomic mass is 9.98. The molecule has 0 N–H and O–H groups in total. The van der Waals surface area contributed by atoms with Gasteiger partial charge in [0.1, 0.15) is 5.76 Å². The zero-order chi connectivity index (χ0) is 20.7. The molecule has 8 nitrogen and oxygen atoms in total. The fourth-order valence-electron chi connectivity index (χ4n) is 3.43. The molecule has 0 spiro atoms. The SMILES string of the molecule is CCOC(=O)C1=CN=c2s/c(=C/c3ccco3)c(=O)n2C1c1ccc2c(c1)OCO2. The smallest absolute Gasteiger partial charge is 0.338 e. The molecule has 1 unspecified atom stereocenters. The zero-order valence-electron chi connectivity index (χ0n) is 15.9. The number of rotatable bonds is 4. The Hall–Kier alpha value is -3.59. The molecule has 30 heavy (non-hydrogen) atoms. The minimum absolute atomic E-state index is 0.130. The van der Waals surface area contributed by atoms with Gasteiger partial charge in [0, 0.05) is 12.3 Å². The minimum Gasteiger partial charge on any atom is -0.465 e. The van der Waals surface area contributed by atoms with Crippen LogP contribution >= 0.6 is 11.3 Å². The Bertz CT molecular complexity index is 1330. The van der Waals surface area contributed by atoms with Gasteiger partial charge in [0.2, 0.25) is 6.79 Å². The number of furan rings is 1. The second-order valence-corrected chi connectivity index (χ2v) is 7.54. The van der Waals surface area contributed by atoms with Crippen LogP contribution in [0.4, 0.5) is 0 Å². The molecule has 0 fully saturated rings. The summed E-state index contributed by atoms with van der Waals surface area (Å²) in [5.41, 5.74) is 0.694. The number of benzene rings is 1. The third kappa shape index (κ3) is 3.03. The number of aromatic nitrogens is 1. The number of fused-ring (bicyclic) bond motifs is 2. The second-order valence-electron chi connectivity index (χ2n) is 6.53. The Morgan fingerprint density at radius 2 is 2.20 bits per heavy atom. The maximum Gasteiger partial charge on any atom is 0.338 e. The topological polar surface area (TPSA) is 92.3 Å². The predicted molar refractivity (Wildman–Crippen MR) is 107 cm³/mol. The van der Waals surface area contributed by atoms with Crippen molar-refractivity contribution in [3.05, 3.63) is 79.4 Å². The summed E-state index contributed by atoms with van der Waals surface area (Å²) in [5.74, 6) is 1.21. The summed E-state index contributed by atoms with van der Waals surface area (Å²) in [7, 11) is 0. The molecule has 0 bridgehead atoms. The van der Waals surface area contributed by atoms with E-state index in [1.165, 1.54) is 28.4 Å². The number of esters is 1. The van der Waals surface area contributed by atoms with E-state index in [2.05, 4.69) is 4.99 Å². The van der Waals surface area contributed by atoms with E-state index in [1.54, 1.807) is 43.3 Å². The highest BCUT2D eigenvalue weighted by molar-refractivity contribution is 7.07. The Balaban J connectivity index is 1.70. The van der Waals surface area contributed by atoms with E-state index < -0.39 is 12.0 Å². The third-order valence-corrected chi connectivity index (χ3v) is 5.74. The first kappa shape index (κ1) is 18.4. The van der Waals surface area contributed by atoms with Gasteiger partial charge in [-0.05, 0) is 36.8 Å². The van der Waals surface area contributed by atoms with Gasteiger partial charge in [0.05, 0.1) is 29.0 Å². The zero-order valence-corrected chi connectivity index (χ0v) is 16.7. The molecule has 1 aromatic carbocycles. The van der Waals surface area contributed by atoms with Gasteiger partial charge in [-0.2, -0.15) is 0 Å². The molecule has 0 radical (unpaired) electrons. The highest BCUT2D eigenvalue weighted by atomic mass is 32.1. The van der Waals surface area contributed by atoms with Crippen molar-refractivity contribution in [2.75, 3.05) is 13.4 Å². The van der Waals surface area contributed by atoms with Crippen molar-refractivity contribution in [1.82, 2.24) is 4.57 Å². The second kappa shape index (κ2) is 7.34. The molecule has 5 rings (SSSR count). The summed E-state index contributed by atoms with van der Waals surface area (Å²) < 4.78 is 23.4. The van der Waals surface area contributed by atoms with Crippen molar-refractivity contribution in [3.8, 4) is 11.5 Å².